The van der Waals surface area contributed by atoms with Gasteiger partial charge < -0.3 is 9.88 Å². The Balaban J connectivity index is 1.10. The number of amides is 1. The third-order valence-corrected chi connectivity index (χ3v) is 7.69. The summed E-state index contributed by atoms with van der Waals surface area (Å²) in [4.78, 5) is 15.1. The van der Waals surface area contributed by atoms with Crippen molar-refractivity contribution < 1.29 is 4.79 Å². The Morgan fingerprint density at radius 3 is 2.35 bits per heavy atom. The summed E-state index contributed by atoms with van der Waals surface area (Å²) in [7, 11) is 0. The van der Waals surface area contributed by atoms with Crippen molar-refractivity contribution in [2.75, 3.05) is 18.8 Å². The number of thioether (sulfide) groups is 1. The Labute approximate surface area is 210 Å². The van der Waals surface area contributed by atoms with Crippen LogP contribution in [0.4, 0.5) is 0 Å². The summed E-state index contributed by atoms with van der Waals surface area (Å²) in [5.74, 6) is 2.00. The summed E-state index contributed by atoms with van der Waals surface area (Å²) in [6.07, 6.45) is 4.30. The number of aromatic nitrogens is 3. The minimum absolute atomic E-state index is 0.0726. The van der Waals surface area contributed by atoms with E-state index in [1.807, 2.05) is 18.2 Å². The molecule has 1 aliphatic heterocycles. The van der Waals surface area contributed by atoms with Crippen LogP contribution in [0.1, 0.15) is 48.6 Å². The first-order valence-corrected chi connectivity index (χ1v) is 13.4. The molecule has 2 fully saturated rings. The van der Waals surface area contributed by atoms with Gasteiger partial charge in [0.15, 0.2) is 5.16 Å². The molecule has 1 amide bonds. The third kappa shape index (κ3) is 6.20. The highest BCUT2D eigenvalue weighted by Crippen LogP contribution is 2.40. The predicted octanol–water partition coefficient (Wildman–Crippen LogP) is 4.73. The summed E-state index contributed by atoms with van der Waals surface area (Å²) in [5.41, 5.74) is 2.49. The highest BCUT2D eigenvalue weighted by Gasteiger charge is 2.30. The van der Waals surface area contributed by atoms with Crippen LogP contribution in [0.2, 0.25) is 5.02 Å². The number of likely N-dealkylation sites (tertiary alicyclic amines) is 1. The van der Waals surface area contributed by atoms with Crippen LogP contribution >= 0.6 is 23.4 Å². The van der Waals surface area contributed by atoms with Crippen molar-refractivity contribution >= 4 is 29.3 Å². The van der Waals surface area contributed by atoms with Gasteiger partial charge in [-0.05, 0) is 48.9 Å². The van der Waals surface area contributed by atoms with Gasteiger partial charge in [0, 0.05) is 36.6 Å². The van der Waals surface area contributed by atoms with Crippen LogP contribution in [0.3, 0.4) is 0 Å². The molecule has 2 heterocycles. The van der Waals surface area contributed by atoms with Crippen molar-refractivity contribution in [2.45, 2.75) is 55.9 Å². The van der Waals surface area contributed by atoms with E-state index in [9.17, 15) is 4.79 Å². The minimum atomic E-state index is 0.0726. The van der Waals surface area contributed by atoms with Gasteiger partial charge in [0.25, 0.3) is 0 Å². The largest absolute Gasteiger partial charge is 0.353 e. The predicted molar refractivity (Wildman–Crippen MR) is 136 cm³/mol. The summed E-state index contributed by atoms with van der Waals surface area (Å²) in [6, 6.07) is 18.7. The maximum absolute atomic E-state index is 12.7. The van der Waals surface area contributed by atoms with Gasteiger partial charge in [-0.3, -0.25) is 9.69 Å². The maximum Gasteiger partial charge on any atom is 0.230 e. The van der Waals surface area contributed by atoms with Gasteiger partial charge in [-0.15, -0.1) is 10.2 Å². The molecule has 2 aromatic carbocycles. The Hall–Kier alpha value is -2.35. The summed E-state index contributed by atoms with van der Waals surface area (Å²) in [6.45, 7) is 3.64. The third-order valence-electron chi connectivity index (χ3n) is 6.48. The second kappa shape index (κ2) is 10.9. The number of piperidine rings is 1. The number of nitrogens with one attached hydrogen (secondary N) is 1. The fraction of sp³-hybridized carbons (Fsp3) is 0.423. The smallest absolute Gasteiger partial charge is 0.230 e. The van der Waals surface area contributed by atoms with Crippen molar-refractivity contribution in [2.24, 2.45) is 0 Å². The Morgan fingerprint density at radius 2 is 1.65 bits per heavy atom. The maximum atomic E-state index is 12.7. The summed E-state index contributed by atoms with van der Waals surface area (Å²) < 4.78 is 2.19. The molecule has 1 aliphatic carbocycles. The van der Waals surface area contributed by atoms with E-state index < -0.39 is 0 Å². The Morgan fingerprint density at radius 1 is 0.941 bits per heavy atom. The van der Waals surface area contributed by atoms with Crippen LogP contribution in [0.5, 0.6) is 0 Å². The van der Waals surface area contributed by atoms with Gasteiger partial charge in [0.05, 0.1) is 12.3 Å². The standard InChI is InChI=1S/C26H30ClN5OS/c27-22-10-6-20(7-11-22)16-31-14-12-23(13-15-31)28-24(33)18-34-26-30-29-25(21-8-9-21)32(26)17-19-4-2-1-3-5-19/h1-7,10-11,21,23H,8-9,12-18H2,(H,28,33). The molecule has 3 aromatic rings. The van der Waals surface area contributed by atoms with Crippen molar-refractivity contribution in [3.8, 4) is 0 Å². The first-order valence-electron chi connectivity index (χ1n) is 12.0. The van der Waals surface area contributed by atoms with Gasteiger partial charge in [-0.2, -0.15) is 0 Å². The first kappa shape index (κ1) is 23.4. The number of halogens is 1. The molecule has 1 saturated heterocycles. The van der Waals surface area contributed by atoms with Gasteiger partial charge in [0.2, 0.25) is 5.91 Å². The molecule has 5 rings (SSSR count). The molecule has 1 saturated carbocycles. The Bertz CT molecular complexity index is 1090. The molecule has 8 heteroatoms. The first-order chi connectivity index (χ1) is 16.6. The molecule has 0 spiro atoms. The molecule has 1 aromatic heterocycles. The lowest BCUT2D eigenvalue weighted by Crippen LogP contribution is -2.44. The molecule has 2 aliphatic rings. The monoisotopic (exact) mass is 495 g/mol. The van der Waals surface area contributed by atoms with E-state index >= 15 is 0 Å². The highest BCUT2D eigenvalue weighted by molar-refractivity contribution is 7.99. The molecule has 0 bridgehead atoms. The van der Waals surface area contributed by atoms with Gasteiger partial charge in [0.1, 0.15) is 5.82 Å². The average Bonchev–Trinajstić information content (AvgIpc) is 3.62. The number of rotatable bonds is 9. The van der Waals surface area contributed by atoms with E-state index in [2.05, 4.69) is 61.4 Å². The molecular weight excluding hydrogens is 466 g/mol. The molecule has 0 atom stereocenters. The van der Waals surface area contributed by atoms with Crippen molar-refractivity contribution in [3.05, 3.63) is 76.6 Å². The van der Waals surface area contributed by atoms with E-state index in [0.717, 1.165) is 55.0 Å². The fourth-order valence-electron chi connectivity index (χ4n) is 4.45. The molecule has 0 unspecified atom stereocenters. The zero-order chi connectivity index (χ0) is 23.3. The van der Waals surface area contributed by atoms with Crippen LogP contribution in [0.15, 0.2) is 59.8 Å². The SMILES string of the molecule is O=C(CSc1nnc(C2CC2)n1Cc1ccccc1)NC1CCN(Cc2ccc(Cl)cc2)CC1. The van der Waals surface area contributed by atoms with E-state index in [4.69, 9.17) is 11.6 Å². The lowest BCUT2D eigenvalue weighted by molar-refractivity contribution is -0.119. The second-order valence-electron chi connectivity index (χ2n) is 9.22. The summed E-state index contributed by atoms with van der Waals surface area (Å²) in [5, 5.41) is 13.7. The van der Waals surface area contributed by atoms with Crippen LogP contribution in [0.25, 0.3) is 0 Å². The molecule has 6 nitrogen and oxygen atoms in total. The molecular formula is C26H30ClN5OS. The van der Waals surface area contributed by atoms with Gasteiger partial charge in [-0.25, -0.2) is 0 Å². The van der Waals surface area contributed by atoms with E-state index in [-0.39, 0.29) is 11.9 Å². The Kier molecular flexibility index (Phi) is 7.52. The number of hydrogen-bond donors (Lipinski definition) is 1. The van der Waals surface area contributed by atoms with Gasteiger partial charge in [-0.1, -0.05) is 65.8 Å². The van der Waals surface area contributed by atoms with Crippen molar-refractivity contribution in [1.29, 1.82) is 0 Å². The molecule has 34 heavy (non-hydrogen) atoms. The number of carbonyl (C=O) groups is 1. The van der Waals surface area contributed by atoms with Crippen molar-refractivity contribution in [1.82, 2.24) is 25.0 Å². The molecule has 0 radical (unpaired) electrons. The zero-order valence-electron chi connectivity index (χ0n) is 19.2. The zero-order valence-corrected chi connectivity index (χ0v) is 20.8. The highest BCUT2D eigenvalue weighted by atomic mass is 35.5. The lowest BCUT2D eigenvalue weighted by atomic mass is 10.0. The van der Waals surface area contributed by atoms with E-state index in [0.29, 0.717) is 11.7 Å². The molecule has 1 N–H and O–H groups in total. The van der Waals surface area contributed by atoms with Gasteiger partial charge >= 0.3 is 0 Å². The van der Waals surface area contributed by atoms with Crippen molar-refractivity contribution in [3.63, 3.8) is 0 Å². The number of benzene rings is 2. The topological polar surface area (TPSA) is 63.1 Å². The quantitative estimate of drug-likeness (QED) is 0.435. The van der Waals surface area contributed by atoms with Crippen LogP contribution in [0, 0.1) is 0 Å². The minimum Gasteiger partial charge on any atom is -0.353 e. The van der Waals surface area contributed by atoms with Crippen LogP contribution in [-0.2, 0) is 17.9 Å². The van der Waals surface area contributed by atoms with E-state index in [1.165, 1.54) is 35.7 Å². The number of hydrogen-bond acceptors (Lipinski definition) is 5. The fourth-order valence-corrected chi connectivity index (χ4v) is 5.33. The second-order valence-corrected chi connectivity index (χ2v) is 10.6. The molecule has 178 valence electrons. The normalized spacial score (nSPS) is 17.1. The average molecular weight is 496 g/mol. The van der Waals surface area contributed by atoms with Crippen LogP contribution < -0.4 is 5.32 Å². The summed E-state index contributed by atoms with van der Waals surface area (Å²) >= 11 is 7.47. The lowest BCUT2D eigenvalue weighted by Gasteiger charge is -2.32. The number of nitrogens with zero attached hydrogens (tertiary/aromatic N) is 4. The van der Waals surface area contributed by atoms with Crippen LogP contribution in [-0.4, -0.2) is 50.5 Å². The van der Waals surface area contributed by atoms with E-state index in [1.54, 1.807) is 0 Å². The number of carbonyl (C=O) groups excluding carboxylic acids is 1.